The van der Waals surface area contributed by atoms with E-state index in [1.807, 2.05) is 26.0 Å². The van der Waals surface area contributed by atoms with Crippen molar-refractivity contribution in [3.63, 3.8) is 0 Å². The average molecular weight is 268 g/mol. The highest BCUT2D eigenvalue weighted by molar-refractivity contribution is 5.96. The standard InChI is InChI=1S/C16H16N2O2/c1-11-7-8-15(19)13(9-11)10-17-18-16(20)14-6-4-3-5-12(14)2/h3-10,19H,1-2H3,(H,18,20)/b17-10-. The molecule has 0 aliphatic carbocycles. The molecule has 0 aliphatic heterocycles. The number of phenolic OH excluding ortho intramolecular Hbond substituents is 1. The van der Waals surface area contributed by atoms with E-state index >= 15 is 0 Å². The van der Waals surface area contributed by atoms with Crippen LogP contribution < -0.4 is 5.43 Å². The third-order valence-electron chi connectivity index (χ3n) is 2.94. The Morgan fingerprint density at radius 1 is 1.20 bits per heavy atom. The maximum absolute atomic E-state index is 11.9. The van der Waals surface area contributed by atoms with Crippen LogP contribution in [0.25, 0.3) is 0 Å². The van der Waals surface area contributed by atoms with Crippen molar-refractivity contribution in [3.8, 4) is 5.75 Å². The van der Waals surface area contributed by atoms with Gasteiger partial charge in [-0.2, -0.15) is 5.10 Å². The van der Waals surface area contributed by atoms with E-state index in [-0.39, 0.29) is 11.7 Å². The van der Waals surface area contributed by atoms with Gasteiger partial charge in [0.2, 0.25) is 0 Å². The summed E-state index contributed by atoms with van der Waals surface area (Å²) in [5.41, 5.74) is 5.50. The van der Waals surface area contributed by atoms with Gasteiger partial charge in [0.25, 0.3) is 5.91 Å². The first-order valence-corrected chi connectivity index (χ1v) is 6.26. The summed E-state index contributed by atoms with van der Waals surface area (Å²) in [5.74, 6) is -0.143. The van der Waals surface area contributed by atoms with Gasteiger partial charge in [-0.25, -0.2) is 5.43 Å². The highest BCUT2D eigenvalue weighted by Gasteiger charge is 2.06. The van der Waals surface area contributed by atoms with Crippen molar-refractivity contribution >= 4 is 12.1 Å². The first-order valence-electron chi connectivity index (χ1n) is 6.26. The molecule has 1 amide bonds. The SMILES string of the molecule is Cc1ccc(O)c(/C=N\NC(=O)c2ccccc2C)c1. The van der Waals surface area contributed by atoms with Crippen LogP contribution in [0.1, 0.15) is 27.0 Å². The summed E-state index contributed by atoms with van der Waals surface area (Å²) in [4.78, 5) is 11.9. The van der Waals surface area contributed by atoms with E-state index in [2.05, 4.69) is 10.5 Å². The van der Waals surface area contributed by atoms with Crippen LogP contribution in [0.2, 0.25) is 0 Å². The number of benzene rings is 2. The topological polar surface area (TPSA) is 61.7 Å². The monoisotopic (exact) mass is 268 g/mol. The fraction of sp³-hybridized carbons (Fsp3) is 0.125. The van der Waals surface area contributed by atoms with Gasteiger partial charge in [0.15, 0.2) is 0 Å². The number of rotatable bonds is 3. The van der Waals surface area contributed by atoms with Gasteiger partial charge in [0.05, 0.1) is 6.21 Å². The van der Waals surface area contributed by atoms with Gasteiger partial charge >= 0.3 is 0 Å². The van der Waals surface area contributed by atoms with Gasteiger partial charge < -0.3 is 5.11 Å². The third-order valence-corrected chi connectivity index (χ3v) is 2.94. The molecule has 4 nitrogen and oxygen atoms in total. The second-order valence-corrected chi connectivity index (χ2v) is 4.58. The number of aryl methyl sites for hydroxylation is 2. The first-order chi connectivity index (χ1) is 9.58. The minimum absolute atomic E-state index is 0.129. The number of carbonyl (C=O) groups is 1. The number of hydrogen-bond acceptors (Lipinski definition) is 3. The number of nitrogens with one attached hydrogen (secondary N) is 1. The summed E-state index contributed by atoms with van der Waals surface area (Å²) in [7, 11) is 0. The smallest absolute Gasteiger partial charge is 0.271 e. The normalized spacial score (nSPS) is 10.7. The van der Waals surface area contributed by atoms with E-state index in [4.69, 9.17) is 0 Å². The molecule has 0 bridgehead atoms. The summed E-state index contributed by atoms with van der Waals surface area (Å²) in [6.07, 6.45) is 1.43. The van der Waals surface area contributed by atoms with Crippen molar-refractivity contribution < 1.29 is 9.90 Å². The highest BCUT2D eigenvalue weighted by Crippen LogP contribution is 2.15. The second kappa shape index (κ2) is 6.02. The molecule has 0 spiro atoms. The van der Waals surface area contributed by atoms with Crippen LogP contribution in [0, 0.1) is 13.8 Å². The van der Waals surface area contributed by atoms with E-state index in [1.54, 1.807) is 30.3 Å². The summed E-state index contributed by atoms with van der Waals surface area (Å²) in [6.45, 7) is 3.79. The van der Waals surface area contributed by atoms with E-state index in [9.17, 15) is 9.90 Å². The van der Waals surface area contributed by atoms with Crippen molar-refractivity contribution in [1.29, 1.82) is 0 Å². The molecule has 0 atom stereocenters. The average Bonchev–Trinajstić information content (AvgIpc) is 2.43. The molecule has 0 aromatic heterocycles. The third kappa shape index (κ3) is 3.23. The van der Waals surface area contributed by atoms with E-state index in [0.29, 0.717) is 11.1 Å². The van der Waals surface area contributed by atoms with Gasteiger partial charge in [-0.15, -0.1) is 0 Å². The Hall–Kier alpha value is -2.62. The lowest BCUT2D eigenvalue weighted by Gasteiger charge is -2.03. The predicted octanol–water partition coefficient (Wildman–Crippen LogP) is 2.77. The van der Waals surface area contributed by atoms with E-state index < -0.39 is 0 Å². The Balaban J connectivity index is 2.09. The van der Waals surface area contributed by atoms with Crippen molar-refractivity contribution in [2.75, 3.05) is 0 Å². The summed E-state index contributed by atoms with van der Waals surface area (Å²) >= 11 is 0. The lowest BCUT2D eigenvalue weighted by atomic mass is 10.1. The number of hydrogen-bond donors (Lipinski definition) is 2. The Kier molecular flexibility index (Phi) is 4.15. The van der Waals surface area contributed by atoms with Crippen molar-refractivity contribution in [2.24, 2.45) is 5.10 Å². The minimum Gasteiger partial charge on any atom is -0.507 e. The quantitative estimate of drug-likeness (QED) is 0.664. The van der Waals surface area contributed by atoms with Crippen molar-refractivity contribution in [3.05, 3.63) is 64.7 Å². The Labute approximate surface area is 117 Å². The van der Waals surface area contributed by atoms with Gasteiger partial charge in [-0.05, 0) is 37.6 Å². The van der Waals surface area contributed by atoms with Gasteiger partial charge in [-0.1, -0.05) is 29.8 Å². The summed E-state index contributed by atoms with van der Waals surface area (Å²) < 4.78 is 0. The molecule has 0 fully saturated rings. The summed E-state index contributed by atoms with van der Waals surface area (Å²) in [6, 6.07) is 12.5. The molecule has 102 valence electrons. The van der Waals surface area contributed by atoms with Crippen LogP contribution in [0.5, 0.6) is 5.75 Å². The number of carbonyl (C=O) groups excluding carboxylic acids is 1. The lowest BCUT2D eigenvalue weighted by Crippen LogP contribution is -2.18. The molecule has 20 heavy (non-hydrogen) atoms. The summed E-state index contributed by atoms with van der Waals surface area (Å²) in [5, 5.41) is 13.5. The number of phenols is 1. The van der Waals surface area contributed by atoms with Crippen LogP contribution in [-0.2, 0) is 0 Å². The van der Waals surface area contributed by atoms with E-state index in [0.717, 1.165) is 11.1 Å². The zero-order chi connectivity index (χ0) is 14.5. The van der Waals surface area contributed by atoms with Crippen LogP contribution in [0.15, 0.2) is 47.6 Å². The maximum atomic E-state index is 11.9. The maximum Gasteiger partial charge on any atom is 0.271 e. The predicted molar refractivity (Wildman–Crippen MR) is 79.1 cm³/mol. The first kappa shape index (κ1) is 13.8. The molecule has 0 heterocycles. The fourth-order valence-corrected chi connectivity index (χ4v) is 1.83. The molecular formula is C16H16N2O2. The zero-order valence-corrected chi connectivity index (χ0v) is 11.4. The molecule has 0 saturated carbocycles. The highest BCUT2D eigenvalue weighted by atomic mass is 16.3. The number of amides is 1. The minimum atomic E-state index is -0.272. The molecule has 2 N–H and O–H groups in total. The molecule has 4 heteroatoms. The Morgan fingerprint density at radius 3 is 2.70 bits per heavy atom. The van der Waals surface area contributed by atoms with Gasteiger partial charge in [0, 0.05) is 11.1 Å². The van der Waals surface area contributed by atoms with Gasteiger partial charge in [0.1, 0.15) is 5.75 Å². The van der Waals surface area contributed by atoms with Crippen LogP contribution in [0.4, 0.5) is 0 Å². The van der Waals surface area contributed by atoms with Gasteiger partial charge in [-0.3, -0.25) is 4.79 Å². The number of hydrazone groups is 1. The number of nitrogens with zero attached hydrogens (tertiary/aromatic N) is 1. The number of aromatic hydroxyl groups is 1. The van der Waals surface area contributed by atoms with Crippen LogP contribution >= 0.6 is 0 Å². The van der Waals surface area contributed by atoms with E-state index in [1.165, 1.54) is 6.21 Å². The molecule has 0 saturated heterocycles. The Morgan fingerprint density at radius 2 is 1.95 bits per heavy atom. The Bertz CT molecular complexity index is 663. The zero-order valence-electron chi connectivity index (χ0n) is 11.4. The van der Waals surface area contributed by atoms with Crippen molar-refractivity contribution in [2.45, 2.75) is 13.8 Å². The van der Waals surface area contributed by atoms with Crippen LogP contribution in [0.3, 0.4) is 0 Å². The molecule has 0 radical (unpaired) electrons. The lowest BCUT2D eigenvalue weighted by molar-refractivity contribution is 0.0954. The van der Waals surface area contributed by atoms with Crippen molar-refractivity contribution in [1.82, 2.24) is 5.43 Å². The molecule has 2 aromatic carbocycles. The van der Waals surface area contributed by atoms with Crippen LogP contribution in [-0.4, -0.2) is 17.2 Å². The molecule has 2 rings (SSSR count). The second-order valence-electron chi connectivity index (χ2n) is 4.58. The molecule has 0 aliphatic rings. The molecule has 2 aromatic rings. The molecule has 0 unspecified atom stereocenters. The molecular weight excluding hydrogens is 252 g/mol. The largest absolute Gasteiger partial charge is 0.507 e. The fourth-order valence-electron chi connectivity index (χ4n) is 1.83.